The first kappa shape index (κ1) is 18.9. The molecule has 1 spiro atoms. The maximum absolute atomic E-state index is 6.69. The number of pyridine rings is 1. The summed E-state index contributed by atoms with van der Waals surface area (Å²) in [5, 5.41) is 0.789. The van der Waals surface area contributed by atoms with E-state index in [9.17, 15) is 0 Å². The molecule has 3 fully saturated rings. The molecule has 30 heavy (non-hydrogen) atoms. The van der Waals surface area contributed by atoms with Crippen LogP contribution in [0, 0.1) is 5.41 Å². The molecule has 156 valence electrons. The highest BCUT2D eigenvalue weighted by Crippen LogP contribution is 2.47. The summed E-state index contributed by atoms with van der Waals surface area (Å²) in [6.07, 6.45) is 18.4. The molecule has 1 aliphatic heterocycles. The summed E-state index contributed by atoms with van der Waals surface area (Å²) in [6.45, 7) is 2.18. The van der Waals surface area contributed by atoms with Gasteiger partial charge in [0.2, 0.25) is 5.95 Å². The Bertz CT molecular complexity index is 1080. The molecule has 0 amide bonds. The van der Waals surface area contributed by atoms with Crippen LogP contribution in [0.3, 0.4) is 0 Å². The van der Waals surface area contributed by atoms with Gasteiger partial charge in [0.1, 0.15) is 0 Å². The Kier molecular flexibility index (Phi) is 4.68. The van der Waals surface area contributed by atoms with Crippen molar-refractivity contribution in [1.82, 2.24) is 19.4 Å². The number of anilines is 1. The Balaban J connectivity index is 1.28. The third-order valence-corrected chi connectivity index (χ3v) is 8.79. The predicted octanol–water partition coefficient (Wildman–Crippen LogP) is 5.97. The van der Waals surface area contributed by atoms with Crippen LogP contribution in [-0.2, 0) is 0 Å². The number of piperidine rings is 1. The van der Waals surface area contributed by atoms with E-state index in [2.05, 4.69) is 19.3 Å². The van der Waals surface area contributed by atoms with Gasteiger partial charge in [-0.05, 0) is 50.0 Å². The molecule has 1 saturated heterocycles. The van der Waals surface area contributed by atoms with Crippen molar-refractivity contribution in [3.8, 4) is 0 Å². The van der Waals surface area contributed by atoms with Gasteiger partial charge in [0, 0.05) is 48.7 Å². The predicted molar refractivity (Wildman–Crippen MR) is 121 cm³/mol. The number of nitrogens with zero attached hydrogens (tertiary/aromatic N) is 5. The van der Waals surface area contributed by atoms with Crippen molar-refractivity contribution in [2.45, 2.75) is 67.1 Å². The summed E-state index contributed by atoms with van der Waals surface area (Å²) in [5.74, 6) is 1.55. The molecule has 2 saturated carbocycles. The molecule has 0 N–H and O–H groups in total. The smallest absolute Gasteiger partial charge is 0.211 e. The van der Waals surface area contributed by atoms with Gasteiger partial charge in [-0.25, -0.2) is 9.97 Å². The number of imidazole rings is 1. The Hall–Kier alpha value is -1.79. The van der Waals surface area contributed by atoms with Crippen molar-refractivity contribution in [1.29, 1.82) is 0 Å². The standard InChI is InChI=1S/C23H26ClN5S/c24-19-17(5-10-25-20(19)16-3-4-16)30-18-15-27-22(29-14-11-26-21(18)29)28-12-8-23(9-13-28)6-1-2-7-23/h5,10-11,14-16H,1-4,6-9,12-13H2. The van der Waals surface area contributed by atoms with Crippen LogP contribution in [0.2, 0.25) is 5.02 Å². The summed E-state index contributed by atoms with van der Waals surface area (Å²) >= 11 is 8.33. The van der Waals surface area contributed by atoms with Gasteiger partial charge in [0.25, 0.3) is 0 Å². The molecule has 0 bridgehead atoms. The summed E-state index contributed by atoms with van der Waals surface area (Å²) in [6, 6.07) is 2.00. The van der Waals surface area contributed by atoms with Gasteiger partial charge < -0.3 is 4.90 Å². The minimum absolute atomic E-state index is 0.534. The molecule has 0 radical (unpaired) electrons. The quantitative estimate of drug-likeness (QED) is 0.501. The second-order valence-electron chi connectivity index (χ2n) is 9.12. The lowest BCUT2D eigenvalue weighted by Gasteiger charge is -2.39. The minimum atomic E-state index is 0.534. The number of hydrogen-bond acceptors (Lipinski definition) is 5. The number of rotatable bonds is 4. The van der Waals surface area contributed by atoms with E-state index >= 15 is 0 Å². The highest BCUT2D eigenvalue weighted by atomic mass is 35.5. The van der Waals surface area contributed by atoms with Crippen LogP contribution in [0.4, 0.5) is 5.95 Å². The number of halogens is 1. The van der Waals surface area contributed by atoms with E-state index in [1.165, 1.54) is 51.4 Å². The SMILES string of the molecule is Clc1c(Sc2cnc(N3CCC4(CCCC4)CC3)n3ccnc23)ccnc1C1CC1. The first-order chi connectivity index (χ1) is 14.7. The van der Waals surface area contributed by atoms with Crippen molar-refractivity contribution in [3.05, 3.63) is 41.6 Å². The normalized spacial score (nSPS) is 21.0. The molecule has 3 aromatic heterocycles. The van der Waals surface area contributed by atoms with Crippen LogP contribution in [0.1, 0.15) is 63.0 Å². The number of hydrogen-bond donors (Lipinski definition) is 0. The van der Waals surface area contributed by atoms with Crippen molar-refractivity contribution >= 4 is 35.0 Å². The largest absolute Gasteiger partial charge is 0.342 e. The van der Waals surface area contributed by atoms with E-state index in [0.717, 1.165) is 45.2 Å². The van der Waals surface area contributed by atoms with Crippen molar-refractivity contribution < 1.29 is 0 Å². The Morgan fingerprint density at radius 1 is 0.967 bits per heavy atom. The van der Waals surface area contributed by atoms with Crippen LogP contribution in [0.5, 0.6) is 0 Å². The number of aromatic nitrogens is 4. The van der Waals surface area contributed by atoms with E-state index in [1.807, 2.05) is 30.9 Å². The van der Waals surface area contributed by atoms with Gasteiger partial charge in [-0.2, -0.15) is 0 Å². The molecule has 4 heterocycles. The van der Waals surface area contributed by atoms with E-state index in [4.69, 9.17) is 16.6 Å². The summed E-state index contributed by atoms with van der Waals surface area (Å²) in [4.78, 5) is 18.6. The van der Waals surface area contributed by atoms with Crippen molar-refractivity contribution in [2.24, 2.45) is 5.41 Å². The lowest BCUT2D eigenvalue weighted by atomic mass is 9.77. The molecule has 6 rings (SSSR count). The monoisotopic (exact) mass is 439 g/mol. The van der Waals surface area contributed by atoms with Crippen LogP contribution < -0.4 is 4.90 Å². The number of fused-ring (bicyclic) bond motifs is 1. The summed E-state index contributed by atoms with van der Waals surface area (Å²) in [7, 11) is 0. The van der Waals surface area contributed by atoms with Gasteiger partial charge in [0.05, 0.1) is 15.6 Å². The van der Waals surface area contributed by atoms with Crippen LogP contribution in [0.25, 0.3) is 5.65 Å². The molecule has 5 nitrogen and oxygen atoms in total. The zero-order valence-electron chi connectivity index (χ0n) is 17.1. The van der Waals surface area contributed by atoms with Gasteiger partial charge in [0.15, 0.2) is 5.65 Å². The van der Waals surface area contributed by atoms with Crippen LogP contribution >= 0.6 is 23.4 Å². The fourth-order valence-electron chi connectivity index (χ4n) is 5.28. The summed E-state index contributed by atoms with van der Waals surface area (Å²) < 4.78 is 2.14. The van der Waals surface area contributed by atoms with Crippen molar-refractivity contribution in [3.63, 3.8) is 0 Å². The average Bonchev–Trinajstić information content (AvgIpc) is 3.30. The maximum Gasteiger partial charge on any atom is 0.211 e. The molecule has 2 aliphatic carbocycles. The molecule has 7 heteroatoms. The third-order valence-electron chi connectivity index (χ3n) is 7.21. The first-order valence-corrected chi connectivity index (χ1v) is 12.3. The van der Waals surface area contributed by atoms with E-state index in [1.54, 1.807) is 11.8 Å². The molecule has 3 aromatic rings. The van der Waals surface area contributed by atoms with Crippen molar-refractivity contribution in [2.75, 3.05) is 18.0 Å². The average molecular weight is 440 g/mol. The minimum Gasteiger partial charge on any atom is -0.342 e. The molecular weight excluding hydrogens is 414 g/mol. The lowest BCUT2D eigenvalue weighted by molar-refractivity contribution is 0.225. The fourth-order valence-corrected chi connectivity index (χ4v) is 6.57. The topological polar surface area (TPSA) is 46.3 Å². The van der Waals surface area contributed by atoms with Crippen LogP contribution in [-0.4, -0.2) is 32.4 Å². The maximum atomic E-state index is 6.69. The second-order valence-corrected chi connectivity index (χ2v) is 10.6. The third kappa shape index (κ3) is 3.28. The van der Waals surface area contributed by atoms with Gasteiger partial charge in [-0.15, -0.1) is 0 Å². The highest BCUT2D eigenvalue weighted by molar-refractivity contribution is 7.99. The fraction of sp³-hybridized carbons (Fsp3) is 0.522. The molecule has 0 atom stereocenters. The highest BCUT2D eigenvalue weighted by Gasteiger charge is 2.37. The lowest BCUT2D eigenvalue weighted by Crippen LogP contribution is -2.40. The summed E-state index contributed by atoms with van der Waals surface area (Å²) in [5.41, 5.74) is 2.60. The Labute approximate surface area is 186 Å². The zero-order chi connectivity index (χ0) is 20.1. The first-order valence-electron chi connectivity index (χ1n) is 11.1. The van der Waals surface area contributed by atoms with Gasteiger partial charge in [-0.1, -0.05) is 36.2 Å². The van der Waals surface area contributed by atoms with E-state index < -0.39 is 0 Å². The molecule has 3 aliphatic rings. The Morgan fingerprint density at radius 3 is 2.53 bits per heavy atom. The van der Waals surface area contributed by atoms with Crippen LogP contribution in [0.15, 0.2) is 40.6 Å². The molecular formula is C23H26ClN5S. The molecule has 0 aromatic carbocycles. The van der Waals surface area contributed by atoms with E-state index in [0.29, 0.717) is 11.3 Å². The van der Waals surface area contributed by atoms with E-state index in [-0.39, 0.29) is 0 Å². The van der Waals surface area contributed by atoms with Gasteiger partial charge >= 0.3 is 0 Å². The Morgan fingerprint density at radius 2 is 1.77 bits per heavy atom. The molecule has 0 unspecified atom stereocenters. The second kappa shape index (κ2) is 7.41. The van der Waals surface area contributed by atoms with Gasteiger partial charge in [-0.3, -0.25) is 9.38 Å². The zero-order valence-corrected chi connectivity index (χ0v) is 18.6.